The van der Waals surface area contributed by atoms with Gasteiger partial charge in [-0.05, 0) is 31.7 Å². The summed E-state index contributed by atoms with van der Waals surface area (Å²) in [6, 6.07) is -3.79. The lowest BCUT2D eigenvalue weighted by atomic mass is 9.97. The highest BCUT2D eigenvalue weighted by molar-refractivity contribution is 5.94. The molecular formula is C22H35N7O6. The summed E-state index contributed by atoms with van der Waals surface area (Å²) < 4.78 is 0. The number of hydrogen-bond donors (Lipinski definition) is 7. The monoisotopic (exact) mass is 493 g/mol. The fourth-order valence-corrected chi connectivity index (χ4v) is 3.77. The van der Waals surface area contributed by atoms with Crippen molar-refractivity contribution < 1.29 is 29.1 Å². The minimum atomic E-state index is -1.37. The van der Waals surface area contributed by atoms with Gasteiger partial charge in [0.2, 0.25) is 23.6 Å². The molecule has 13 heteroatoms. The second kappa shape index (κ2) is 13.4. The maximum Gasteiger partial charge on any atom is 0.326 e. The van der Waals surface area contributed by atoms with Crippen LogP contribution in [-0.4, -0.2) is 75.4 Å². The number of aromatic amines is 1. The second-order valence-electron chi connectivity index (χ2n) is 8.77. The zero-order chi connectivity index (χ0) is 26.0. The van der Waals surface area contributed by atoms with Crippen molar-refractivity contribution in [3.05, 3.63) is 18.2 Å². The lowest BCUT2D eigenvalue weighted by Crippen LogP contribution is -2.59. The van der Waals surface area contributed by atoms with E-state index >= 15 is 0 Å². The van der Waals surface area contributed by atoms with Gasteiger partial charge in [-0.15, -0.1) is 0 Å². The predicted octanol–water partition coefficient (Wildman–Crippen LogP) is -1.45. The molecule has 194 valence electrons. The van der Waals surface area contributed by atoms with E-state index in [2.05, 4.69) is 31.2 Å². The Bertz CT molecular complexity index is 885. The van der Waals surface area contributed by atoms with Crippen molar-refractivity contribution in [2.45, 2.75) is 76.5 Å². The van der Waals surface area contributed by atoms with Crippen molar-refractivity contribution >= 4 is 29.6 Å². The molecule has 13 nitrogen and oxygen atoms in total. The number of carboxylic acids is 1. The zero-order valence-corrected chi connectivity index (χ0v) is 20.0. The van der Waals surface area contributed by atoms with Gasteiger partial charge >= 0.3 is 5.97 Å². The number of carbonyl (C=O) groups is 5. The van der Waals surface area contributed by atoms with Gasteiger partial charge < -0.3 is 37.1 Å². The van der Waals surface area contributed by atoms with E-state index in [9.17, 15) is 29.1 Å². The summed E-state index contributed by atoms with van der Waals surface area (Å²) in [6.07, 6.45) is 4.61. The van der Waals surface area contributed by atoms with Crippen LogP contribution in [-0.2, 0) is 30.4 Å². The molecule has 8 N–H and O–H groups in total. The Labute approximate surface area is 203 Å². The van der Waals surface area contributed by atoms with Crippen LogP contribution in [0.25, 0.3) is 0 Å². The highest BCUT2D eigenvalue weighted by Crippen LogP contribution is 2.12. The topological polar surface area (TPSA) is 208 Å². The summed E-state index contributed by atoms with van der Waals surface area (Å²) in [5.41, 5.74) is 5.63. The lowest BCUT2D eigenvalue weighted by Gasteiger charge is -2.28. The van der Waals surface area contributed by atoms with Crippen molar-refractivity contribution in [3.63, 3.8) is 0 Å². The molecule has 0 saturated carbocycles. The Morgan fingerprint density at radius 3 is 2.43 bits per heavy atom. The molecule has 5 unspecified atom stereocenters. The average molecular weight is 494 g/mol. The fraction of sp³-hybridized carbons (Fsp3) is 0.636. The van der Waals surface area contributed by atoms with Crippen LogP contribution in [0, 0.1) is 5.92 Å². The van der Waals surface area contributed by atoms with Crippen LogP contribution in [0.4, 0.5) is 0 Å². The van der Waals surface area contributed by atoms with Gasteiger partial charge in [0.05, 0.1) is 12.4 Å². The van der Waals surface area contributed by atoms with Gasteiger partial charge in [-0.1, -0.05) is 20.3 Å². The van der Waals surface area contributed by atoms with Gasteiger partial charge in [0.1, 0.15) is 18.1 Å². The van der Waals surface area contributed by atoms with E-state index in [4.69, 9.17) is 5.73 Å². The number of imidazole rings is 1. The highest BCUT2D eigenvalue weighted by Gasteiger charge is 2.33. The minimum absolute atomic E-state index is 0.00504. The highest BCUT2D eigenvalue weighted by atomic mass is 16.4. The van der Waals surface area contributed by atoms with Gasteiger partial charge in [0.15, 0.2) is 0 Å². The molecule has 2 heterocycles. The van der Waals surface area contributed by atoms with Crippen LogP contribution >= 0.6 is 0 Å². The first kappa shape index (κ1) is 27.8. The van der Waals surface area contributed by atoms with Crippen LogP contribution in [0.3, 0.4) is 0 Å². The molecule has 0 aliphatic carbocycles. The first-order chi connectivity index (χ1) is 16.6. The Kier molecular flexibility index (Phi) is 10.6. The average Bonchev–Trinajstić information content (AvgIpc) is 3.53. The standard InChI is InChI=1S/C22H35N7O6/c1-3-12(2)18(29-19(31)14-5-4-8-25-14)21(33)28-16(9-13-10-24-11-26-13)20(32)27-15(22(34)35)6-7-17(23)30/h10-12,14-16,18,25H,3-9H2,1-2H3,(H2,23,30)(H,24,26)(H,27,32)(H,28,33)(H,29,31)(H,34,35). The number of primary amides is 1. The molecule has 1 aromatic rings. The minimum Gasteiger partial charge on any atom is -0.480 e. The third-order valence-corrected chi connectivity index (χ3v) is 6.08. The smallest absolute Gasteiger partial charge is 0.326 e. The van der Waals surface area contributed by atoms with Gasteiger partial charge in [0.25, 0.3) is 0 Å². The van der Waals surface area contributed by atoms with Crippen LogP contribution in [0.5, 0.6) is 0 Å². The molecule has 2 rings (SSSR count). The van der Waals surface area contributed by atoms with Crippen LogP contribution in [0.1, 0.15) is 51.6 Å². The number of nitrogens with zero attached hydrogens (tertiary/aromatic N) is 1. The van der Waals surface area contributed by atoms with E-state index in [1.54, 1.807) is 0 Å². The van der Waals surface area contributed by atoms with Crippen LogP contribution in [0.2, 0.25) is 0 Å². The van der Waals surface area contributed by atoms with Gasteiger partial charge in [-0.2, -0.15) is 0 Å². The number of rotatable bonds is 14. The number of amides is 4. The molecule has 0 bridgehead atoms. The van der Waals surface area contributed by atoms with Crippen molar-refractivity contribution in [2.75, 3.05) is 6.54 Å². The first-order valence-corrected chi connectivity index (χ1v) is 11.7. The maximum atomic E-state index is 13.2. The molecule has 1 fully saturated rings. The normalized spacial score (nSPS) is 18.6. The number of H-pyrrole nitrogens is 1. The summed E-state index contributed by atoms with van der Waals surface area (Å²) in [5, 5.41) is 20.3. The Balaban J connectivity index is 2.17. The Morgan fingerprint density at radius 1 is 1.17 bits per heavy atom. The van der Waals surface area contributed by atoms with E-state index in [1.165, 1.54) is 12.5 Å². The quantitative estimate of drug-likeness (QED) is 0.163. The molecule has 1 saturated heterocycles. The molecule has 1 aromatic heterocycles. The number of aliphatic carboxylic acids is 1. The van der Waals surface area contributed by atoms with Gasteiger partial charge in [0, 0.05) is 24.7 Å². The third-order valence-electron chi connectivity index (χ3n) is 6.08. The molecule has 0 radical (unpaired) electrons. The summed E-state index contributed by atoms with van der Waals surface area (Å²) in [4.78, 5) is 68.3. The van der Waals surface area contributed by atoms with Gasteiger partial charge in [-0.25, -0.2) is 9.78 Å². The largest absolute Gasteiger partial charge is 0.480 e. The van der Waals surface area contributed by atoms with Crippen LogP contribution in [0.15, 0.2) is 12.5 Å². The van der Waals surface area contributed by atoms with Crippen molar-refractivity contribution in [2.24, 2.45) is 11.7 Å². The third kappa shape index (κ3) is 8.67. The molecule has 1 aliphatic heterocycles. The Hall–Kier alpha value is -3.48. The number of hydrogen-bond acceptors (Lipinski definition) is 7. The molecular weight excluding hydrogens is 458 g/mol. The molecule has 35 heavy (non-hydrogen) atoms. The molecule has 0 spiro atoms. The van der Waals surface area contributed by atoms with Crippen molar-refractivity contribution in [1.82, 2.24) is 31.2 Å². The van der Waals surface area contributed by atoms with E-state index in [0.717, 1.165) is 13.0 Å². The SMILES string of the molecule is CCC(C)C(NC(=O)C1CCCN1)C(=O)NC(Cc1cnc[nH]1)C(=O)NC(CCC(N)=O)C(=O)O. The second-order valence-corrected chi connectivity index (χ2v) is 8.77. The number of nitrogens with one attached hydrogen (secondary N) is 5. The van der Waals surface area contributed by atoms with Crippen molar-refractivity contribution in [1.29, 1.82) is 0 Å². The summed E-state index contributed by atoms with van der Waals surface area (Å²) in [6.45, 7) is 4.43. The molecule has 1 aliphatic rings. The van der Waals surface area contributed by atoms with E-state index in [1.807, 2.05) is 13.8 Å². The molecule has 4 amide bonds. The number of carboxylic acid groups (broad SMARTS) is 1. The molecule has 5 atom stereocenters. The van der Waals surface area contributed by atoms with E-state index < -0.39 is 41.8 Å². The summed E-state index contributed by atoms with van der Waals surface area (Å²) in [7, 11) is 0. The molecule has 0 aromatic carbocycles. The van der Waals surface area contributed by atoms with Gasteiger partial charge in [-0.3, -0.25) is 19.2 Å². The van der Waals surface area contributed by atoms with E-state index in [0.29, 0.717) is 18.5 Å². The number of carbonyl (C=O) groups excluding carboxylic acids is 4. The number of aromatic nitrogens is 2. The van der Waals surface area contributed by atoms with E-state index in [-0.39, 0.29) is 37.1 Å². The Morgan fingerprint density at radius 2 is 1.89 bits per heavy atom. The fourth-order valence-electron chi connectivity index (χ4n) is 3.77. The maximum absolute atomic E-state index is 13.2. The zero-order valence-electron chi connectivity index (χ0n) is 20.0. The lowest BCUT2D eigenvalue weighted by molar-refractivity contribution is -0.142. The first-order valence-electron chi connectivity index (χ1n) is 11.7. The number of nitrogens with two attached hydrogens (primary N) is 1. The summed E-state index contributed by atoms with van der Waals surface area (Å²) in [5.74, 6) is -3.85. The van der Waals surface area contributed by atoms with Crippen molar-refractivity contribution in [3.8, 4) is 0 Å². The summed E-state index contributed by atoms with van der Waals surface area (Å²) >= 11 is 0. The van der Waals surface area contributed by atoms with Crippen LogP contribution < -0.4 is 27.0 Å². The predicted molar refractivity (Wildman–Crippen MR) is 125 cm³/mol.